The Labute approximate surface area is 156 Å². The molecular formula is C19H33NO6. The van der Waals surface area contributed by atoms with Crippen LogP contribution in [0.4, 0.5) is 0 Å². The van der Waals surface area contributed by atoms with Gasteiger partial charge in [0, 0.05) is 6.54 Å². The largest absolute Gasteiger partial charge is 0.469 e. The number of carbonyl (C=O) groups excluding carboxylic acids is 2. The Morgan fingerprint density at radius 1 is 1.08 bits per heavy atom. The van der Waals surface area contributed by atoms with E-state index in [0.717, 1.165) is 45.1 Å². The summed E-state index contributed by atoms with van der Waals surface area (Å²) in [6.45, 7) is 6.81. The number of hydrogen-bond donors (Lipinski definition) is 0. The molecule has 0 aromatic heterocycles. The molecule has 1 saturated carbocycles. The molecule has 0 aromatic carbocycles. The van der Waals surface area contributed by atoms with Crippen LogP contribution in [0.3, 0.4) is 0 Å². The van der Waals surface area contributed by atoms with E-state index in [9.17, 15) is 9.59 Å². The fourth-order valence-electron chi connectivity index (χ4n) is 3.53. The van der Waals surface area contributed by atoms with Gasteiger partial charge in [-0.15, -0.1) is 0 Å². The second kappa shape index (κ2) is 9.67. The molecule has 1 atom stereocenters. The van der Waals surface area contributed by atoms with E-state index < -0.39 is 5.60 Å². The Hall–Kier alpha value is -1.18. The number of hydroxylamine groups is 2. The van der Waals surface area contributed by atoms with Crippen LogP contribution >= 0.6 is 0 Å². The van der Waals surface area contributed by atoms with Gasteiger partial charge in [-0.1, -0.05) is 0 Å². The second-order valence-corrected chi connectivity index (χ2v) is 8.14. The molecule has 1 heterocycles. The average molecular weight is 371 g/mol. The van der Waals surface area contributed by atoms with Crippen molar-refractivity contribution in [1.82, 2.24) is 5.06 Å². The van der Waals surface area contributed by atoms with E-state index in [2.05, 4.69) is 0 Å². The summed E-state index contributed by atoms with van der Waals surface area (Å²) in [5.74, 6) is -0.450. The first kappa shape index (κ1) is 21.1. The van der Waals surface area contributed by atoms with Gasteiger partial charge < -0.3 is 14.2 Å². The van der Waals surface area contributed by atoms with Crippen LogP contribution < -0.4 is 0 Å². The molecule has 0 unspecified atom stereocenters. The maximum absolute atomic E-state index is 11.7. The van der Waals surface area contributed by atoms with Gasteiger partial charge in [-0.3, -0.25) is 9.63 Å². The molecular weight excluding hydrogens is 338 g/mol. The standard InChI is InChI=1S/C19H33NO6/c1-19(2,3)25-17(21)13-24-12-15-6-5-11-20(15)26-16-9-7-14(8-10-16)18(22)23-4/h14-16H,5-13H2,1-4H3/t14?,15-,16?/m0/s1. The smallest absolute Gasteiger partial charge is 0.332 e. The van der Waals surface area contributed by atoms with Crippen LogP contribution in [0.25, 0.3) is 0 Å². The van der Waals surface area contributed by atoms with Crippen LogP contribution in [0.2, 0.25) is 0 Å². The van der Waals surface area contributed by atoms with Crippen molar-refractivity contribution in [3.8, 4) is 0 Å². The fourth-order valence-corrected chi connectivity index (χ4v) is 3.53. The zero-order chi connectivity index (χ0) is 19.2. The third-order valence-electron chi connectivity index (χ3n) is 4.77. The van der Waals surface area contributed by atoms with Gasteiger partial charge in [0.15, 0.2) is 0 Å². The van der Waals surface area contributed by atoms with Crippen LogP contribution in [-0.2, 0) is 28.6 Å². The molecule has 2 aliphatic rings. The van der Waals surface area contributed by atoms with Crippen molar-refractivity contribution in [2.24, 2.45) is 5.92 Å². The van der Waals surface area contributed by atoms with Crippen molar-refractivity contribution < 1.29 is 28.6 Å². The molecule has 0 bridgehead atoms. The summed E-state index contributed by atoms with van der Waals surface area (Å²) in [6.07, 6.45) is 5.53. The average Bonchev–Trinajstić information content (AvgIpc) is 3.00. The van der Waals surface area contributed by atoms with Gasteiger partial charge in [-0.05, 0) is 59.3 Å². The maximum atomic E-state index is 11.7. The summed E-state index contributed by atoms with van der Waals surface area (Å²) in [7, 11) is 1.44. The first-order valence-electron chi connectivity index (χ1n) is 9.59. The van der Waals surface area contributed by atoms with Crippen LogP contribution in [0, 0.1) is 5.92 Å². The molecule has 1 saturated heterocycles. The van der Waals surface area contributed by atoms with Gasteiger partial charge in [0.25, 0.3) is 0 Å². The highest BCUT2D eigenvalue weighted by molar-refractivity contribution is 5.72. The molecule has 26 heavy (non-hydrogen) atoms. The molecule has 2 rings (SSSR count). The van der Waals surface area contributed by atoms with Crippen molar-refractivity contribution in [3.63, 3.8) is 0 Å². The SMILES string of the molecule is COC(=O)C1CCC(ON2CCC[C@H]2COCC(=O)OC(C)(C)C)CC1. The van der Waals surface area contributed by atoms with Crippen molar-refractivity contribution in [1.29, 1.82) is 0 Å². The van der Waals surface area contributed by atoms with Gasteiger partial charge in [-0.2, -0.15) is 5.06 Å². The lowest BCUT2D eigenvalue weighted by molar-refractivity contribution is -0.222. The monoisotopic (exact) mass is 371 g/mol. The lowest BCUT2D eigenvalue weighted by Crippen LogP contribution is -2.39. The second-order valence-electron chi connectivity index (χ2n) is 8.14. The Balaban J connectivity index is 1.68. The van der Waals surface area contributed by atoms with Crippen molar-refractivity contribution in [2.45, 2.75) is 77.0 Å². The zero-order valence-electron chi connectivity index (χ0n) is 16.5. The lowest BCUT2D eigenvalue weighted by atomic mass is 9.87. The highest BCUT2D eigenvalue weighted by Crippen LogP contribution is 2.29. The predicted molar refractivity (Wildman–Crippen MR) is 95.2 cm³/mol. The normalized spacial score (nSPS) is 27.3. The van der Waals surface area contributed by atoms with Crippen molar-refractivity contribution >= 4 is 11.9 Å². The molecule has 2 fully saturated rings. The molecule has 1 aliphatic heterocycles. The van der Waals surface area contributed by atoms with Crippen LogP contribution in [0.5, 0.6) is 0 Å². The molecule has 0 amide bonds. The first-order valence-corrected chi connectivity index (χ1v) is 9.59. The number of carbonyl (C=O) groups is 2. The minimum Gasteiger partial charge on any atom is -0.469 e. The molecule has 0 N–H and O–H groups in total. The topological polar surface area (TPSA) is 74.3 Å². The molecule has 150 valence electrons. The maximum Gasteiger partial charge on any atom is 0.332 e. The van der Waals surface area contributed by atoms with Crippen LogP contribution in [0.1, 0.15) is 59.3 Å². The molecule has 0 spiro atoms. The fraction of sp³-hybridized carbons (Fsp3) is 0.895. The van der Waals surface area contributed by atoms with Crippen LogP contribution in [0.15, 0.2) is 0 Å². The summed E-state index contributed by atoms with van der Waals surface area (Å²) >= 11 is 0. The number of methoxy groups -OCH3 is 1. The number of rotatable bonds is 7. The predicted octanol–water partition coefficient (Wildman–Crippen LogP) is 2.47. The number of esters is 2. The third-order valence-corrected chi connectivity index (χ3v) is 4.77. The summed E-state index contributed by atoms with van der Waals surface area (Å²) in [6, 6.07) is 0.163. The summed E-state index contributed by atoms with van der Waals surface area (Å²) in [4.78, 5) is 29.5. The molecule has 1 aliphatic carbocycles. The summed E-state index contributed by atoms with van der Waals surface area (Å²) < 4.78 is 15.6. The number of ether oxygens (including phenoxy) is 3. The molecule has 7 heteroatoms. The number of hydrogen-bond acceptors (Lipinski definition) is 7. The lowest BCUT2D eigenvalue weighted by Gasteiger charge is -2.32. The van der Waals surface area contributed by atoms with E-state index in [1.165, 1.54) is 7.11 Å². The highest BCUT2D eigenvalue weighted by Gasteiger charge is 2.32. The number of nitrogens with zero attached hydrogens (tertiary/aromatic N) is 1. The Morgan fingerprint density at radius 3 is 2.38 bits per heavy atom. The zero-order valence-corrected chi connectivity index (χ0v) is 16.5. The van der Waals surface area contributed by atoms with Gasteiger partial charge >= 0.3 is 11.9 Å². The van der Waals surface area contributed by atoms with Gasteiger partial charge in [0.2, 0.25) is 0 Å². The van der Waals surface area contributed by atoms with E-state index in [1.807, 2.05) is 25.8 Å². The minimum atomic E-state index is -0.494. The van der Waals surface area contributed by atoms with Crippen LogP contribution in [-0.4, -0.2) is 61.6 Å². The first-order chi connectivity index (χ1) is 12.3. The van der Waals surface area contributed by atoms with E-state index in [1.54, 1.807) is 0 Å². The third kappa shape index (κ3) is 6.85. The van der Waals surface area contributed by atoms with Gasteiger partial charge in [0.1, 0.15) is 12.2 Å². The highest BCUT2D eigenvalue weighted by atomic mass is 16.7. The summed E-state index contributed by atoms with van der Waals surface area (Å²) in [5.41, 5.74) is -0.494. The minimum absolute atomic E-state index is 0.00591. The van der Waals surface area contributed by atoms with E-state index >= 15 is 0 Å². The molecule has 0 aromatic rings. The van der Waals surface area contributed by atoms with Gasteiger partial charge in [0.05, 0.1) is 31.8 Å². The van der Waals surface area contributed by atoms with E-state index in [-0.39, 0.29) is 36.6 Å². The Bertz CT molecular complexity index is 467. The van der Waals surface area contributed by atoms with Crippen molar-refractivity contribution in [3.05, 3.63) is 0 Å². The van der Waals surface area contributed by atoms with Gasteiger partial charge in [-0.25, -0.2) is 4.79 Å². The molecule has 0 radical (unpaired) electrons. The summed E-state index contributed by atoms with van der Waals surface area (Å²) in [5, 5.41) is 2.00. The van der Waals surface area contributed by atoms with Crippen molar-refractivity contribution in [2.75, 3.05) is 26.9 Å². The quantitative estimate of drug-likeness (QED) is 0.637. The Morgan fingerprint density at radius 2 is 1.77 bits per heavy atom. The van der Waals surface area contributed by atoms with E-state index in [0.29, 0.717) is 6.61 Å². The molecule has 7 nitrogen and oxygen atoms in total. The Kier molecular flexibility index (Phi) is 7.85. The van der Waals surface area contributed by atoms with E-state index in [4.69, 9.17) is 19.0 Å².